The molecule has 2 atom stereocenters. The molecule has 0 aromatic carbocycles. The van der Waals surface area contributed by atoms with Gasteiger partial charge in [-0.05, 0) is 59.8 Å². The molecule has 22 heavy (non-hydrogen) atoms. The number of hydrogen-bond acceptors (Lipinski definition) is 4. The normalized spacial score (nSPS) is 22.4. The van der Waals surface area contributed by atoms with Crippen LogP contribution in [0, 0.1) is 11.3 Å². The van der Waals surface area contributed by atoms with Crippen molar-refractivity contribution in [2.45, 2.75) is 84.4 Å². The first-order valence-corrected chi connectivity index (χ1v) is 9.59. The van der Waals surface area contributed by atoms with Gasteiger partial charge in [-0.2, -0.15) is 5.26 Å². The van der Waals surface area contributed by atoms with E-state index in [0.717, 1.165) is 25.7 Å². The molecular formula is C17H31N2O2P. The summed E-state index contributed by atoms with van der Waals surface area (Å²) in [6, 6.07) is 2.87. The Kier molecular flexibility index (Phi) is 9.91. The molecule has 5 heteroatoms. The van der Waals surface area contributed by atoms with Crippen molar-refractivity contribution >= 4 is 8.53 Å². The lowest BCUT2D eigenvalue weighted by molar-refractivity contribution is 0.120. The Morgan fingerprint density at radius 1 is 1.18 bits per heavy atom. The van der Waals surface area contributed by atoms with Crippen molar-refractivity contribution in [2.24, 2.45) is 0 Å². The molecule has 4 nitrogen and oxygen atoms in total. The molecule has 1 aliphatic rings. The number of allylic oxidation sites excluding steroid dienone is 2. The number of nitrogens with zero attached hydrogens (tertiary/aromatic N) is 2. The summed E-state index contributed by atoms with van der Waals surface area (Å²) in [7, 11) is -1.10. The smallest absolute Gasteiger partial charge is 0.259 e. The van der Waals surface area contributed by atoms with Crippen molar-refractivity contribution in [3.8, 4) is 6.07 Å². The van der Waals surface area contributed by atoms with Crippen LogP contribution in [0.1, 0.15) is 66.2 Å². The molecule has 0 saturated heterocycles. The van der Waals surface area contributed by atoms with E-state index in [9.17, 15) is 0 Å². The number of rotatable bonds is 8. The zero-order valence-electron chi connectivity index (χ0n) is 14.5. The highest BCUT2D eigenvalue weighted by Crippen LogP contribution is 2.48. The molecule has 0 heterocycles. The SMILES string of the molecule is CC(C)N(C(C)C)P(OCCC#N)O[C@H]1CC/C=C/CCC1. The van der Waals surface area contributed by atoms with E-state index in [4.69, 9.17) is 14.3 Å². The summed E-state index contributed by atoms with van der Waals surface area (Å²) < 4.78 is 14.7. The van der Waals surface area contributed by atoms with Crippen LogP contribution in [0.4, 0.5) is 0 Å². The fraction of sp³-hybridized carbons (Fsp3) is 0.824. The average molecular weight is 326 g/mol. The predicted octanol–water partition coefficient (Wildman–Crippen LogP) is 5.17. The maximum absolute atomic E-state index is 8.74. The first-order chi connectivity index (χ1) is 10.6. The van der Waals surface area contributed by atoms with Crippen molar-refractivity contribution in [2.75, 3.05) is 6.61 Å². The van der Waals surface area contributed by atoms with Gasteiger partial charge in [0.1, 0.15) is 0 Å². The summed E-state index contributed by atoms with van der Waals surface area (Å²) in [4.78, 5) is 0. The van der Waals surface area contributed by atoms with E-state index in [0.29, 0.717) is 25.1 Å². The average Bonchev–Trinajstić information content (AvgIpc) is 2.40. The monoisotopic (exact) mass is 326 g/mol. The maximum atomic E-state index is 8.74. The van der Waals surface area contributed by atoms with E-state index >= 15 is 0 Å². The van der Waals surface area contributed by atoms with Gasteiger partial charge < -0.3 is 9.05 Å². The third-order valence-corrected chi connectivity index (χ3v) is 5.80. The minimum absolute atomic E-state index is 0.262. The van der Waals surface area contributed by atoms with Crippen LogP contribution in [0.2, 0.25) is 0 Å². The van der Waals surface area contributed by atoms with E-state index in [2.05, 4.69) is 50.6 Å². The Balaban J connectivity index is 2.70. The van der Waals surface area contributed by atoms with Crippen LogP contribution in [0.15, 0.2) is 12.2 Å². The summed E-state index contributed by atoms with van der Waals surface area (Å²) in [5.41, 5.74) is 0. The van der Waals surface area contributed by atoms with Gasteiger partial charge in [-0.25, -0.2) is 4.67 Å². The Morgan fingerprint density at radius 3 is 2.50 bits per heavy atom. The van der Waals surface area contributed by atoms with Crippen molar-refractivity contribution in [1.29, 1.82) is 5.26 Å². The summed E-state index contributed by atoms with van der Waals surface area (Å²) in [5, 5.41) is 8.74. The van der Waals surface area contributed by atoms with Crippen LogP contribution in [0.25, 0.3) is 0 Å². The molecular weight excluding hydrogens is 295 g/mol. The van der Waals surface area contributed by atoms with Crippen LogP contribution < -0.4 is 0 Å². The van der Waals surface area contributed by atoms with Gasteiger partial charge >= 0.3 is 0 Å². The molecule has 0 radical (unpaired) electrons. The molecule has 0 aliphatic heterocycles. The Labute approximate surface area is 137 Å². The predicted molar refractivity (Wildman–Crippen MR) is 92.3 cm³/mol. The van der Waals surface area contributed by atoms with Crippen molar-refractivity contribution < 1.29 is 9.05 Å². The molecule has 0 aromatic rings. The lowest BCUT2D eigenvalue weighted by Gasteiger charge is -2.37. The van der Waals surface area contributed by atoms with Crippen LogP contribution in [-0.4, -0.2) is 29.5 Å². The highest BCUT2D eigenvalue weighted by molar-refractivity contribution is 7.44. The van der Waals surface area contributed by atoms with Gasteiger partial charge in [0.05, 0.1) is 25.2 Å². The fourth-order valence-electron chi connectivity index (χ4n) is 2.65. The highest BCUT2D eigenvalue weighted by atomic mass is 31.2. The zero-order chi connectivity index (χ0) is 16.4. The zero-order valence-corrected chi connectivity index (χ0v) is 15.4. The van der Waals surface area contributed by atoms with E-state index in [1.165, 1.54) is 6.42 Å². The van der Waals surface area contributed by atoms with Gasteiger partial charge in [0.25, 0.3) is 8.53 Å². The maximum Gasteiger partial charge on any atom is 0.259 e. The van der Waals surface area contributed by atoms with Crippen molar-refractivity contribution in [3.05, 3.63) is 12.2 Å². The summed E-state index contributed by atoms with van der Waals surface area (Å²) >= 11 is 0. The van der Waals surface area contributed by atoms with Crippen LogP contribution in [-0.2, 0) is 9.05 Å². The molecule has 0 amide bonds. The minimum atomic E-state index is -1.10. The van der Waals surface area contributed by atoms with Gasteiger partial charge in [-0.3, -0.25) is 0 Å². The van der Waals surface area contributed by atoms with Crippen LogP contribution >= 0.6 is 8.53 Å². The number of hydrogen-bond donors (Lipinski definition) is 0. The molecule has 126 valence electrons. The van der Waals surface area contributed by atoms with Crippen molar-refractivity contribution in [3.63, 3.8) is 0 Å². The molecule has 1 aliphatic carbocycles. The largest absolute Gasteiger partial charge is 0.321 e. The molecule has 0 fully saturated rings. The molecule has 0 N–H and O–H groups in total. The topological polar surface area (TPSA) is 45.5 Å². The molecule has 0 aromatic heterocycles. The standard InChI is InChI=1S/C17H31N2O2P/c1-15(2)19(16(3)4)22(20-14-10-13-18)21-17-11-8-6-5-7-9-12-17/h5-6,15-17H,7-12,14H2,1-4H3/b6-5+/t17-,22?/m0/s1. The highest BCUT2D eigenvalue weighted by Gasteiger charge is 2.29. The van der Waals surface area contributed by atoms with E-state index in [-0.39, 0.29) is 6.10 Å². The fourth-order valence-corrected chi connectivity index (χ4v) is 4.42. The van der Waals surface area contributed by atoms with Gasteiger partial charge in [0, 0.05) is 12.1 Å². The molecule has 1 rings (SSSR count). The second kappa shape index (κ2) is 11.1. The number of nitriles is 1. The van der Waals surface area contributed by atoms with Crippen LogP contribution in [0.5, 0.6) is 0 Å². The van der Waals surface area contributed by atoms with Gasteiger partial charge in [-0.1, -0.05) is 12.2 Å². The van der Waals surface area contributed by atoms with Gasteiger partial charge in [-0.15, -0.1) is 0 Å². The third-order valence-electron chi connectivity index (χ3n) is 3.62. The first-order valence-electron chi connectivity index (χ1n) is 8.46. The quantitative estimate of drug-likeness (QED) is 0.351. The first kappa shape index (κ1) is 19.6. The molecule has 0 saturated carbocycles. The minimum Gasteiger partial charge on any atom is -0.321 e. The van der Waals surface area contributed by atoms with E-state index in [1.54, 1.807) is 0 Å². The van der Waals surface area contributed by atoms with E-state index < -0.39 is 8.53 Å². The third kappa shape index (κ3) is 7.20. The summed E-state index contributed by atoms with van der Waals surface area (Å²) in [6.45, 7) is 9.14. The second-order valence-corrected chi connectivity index (χ2v) is 7.66. The van der Waals surface area contributed by atoms with Crippen molar-refractivity contribution in [1.82, 2.24) is 4.67 Å². The molecule has 1 unspecified atom stereocenters. The van der Waals surface area contributed by atoms with Crippen LogP contribution in [0.3, 0.4) is 0 Å². The summed E-state index contributed by atoms with van der Waals surface area (Å²) in [6.07, 6.45) is 10.8. The molecule has 0 bridgehead atoms. The lowest BCUT2D eigenvalue weighted by atomic mass is 10.0. The van der Waals surface area contributed by atoms with E-state index in [1.807, 2.05) is 0 Å². The molecule has 0 spiro atoms. The summed E-state index contributed by atoms with van der Waals surface area (Å²) in [5.74, 6) is 0. The van der Waals surface area contributed by atoms with Gasteiger partial charge in [0.15, 0.2) is 0 Å². The lowest BCUT2D eigenvalue weighted by Crippen LogP contribution is -2.34. The van der Waals surface area contributed by atoms with Gasteiger partial charge in [0.2, 0.25) is 0 Å². The Hall–Kier alpha value is -0.460. The Morgan fingerprint density at radius 2 is 1.86 bits per heavy atom. The second-order valence-electron chi connectivity index (χ2n) is 6.25. The Bertz CT molecular complexity index is 358.